The van der Waals surface area contributed by atoms with E-state index >= 15 is 0 Å². The highest BCUT2D eigenvalue weighted by Gasteiger charge is 2.33. The number of carbonyl (C=O) groups excluding carboxylic acids is 1. The van der Waals surface area contributed by atoms with E-state index in [9.17, 15) is 4.79 Å². The number of esters is 1. The molecule has 0 unspecified atom stereocenters. The lowest BCUT2D eigenvalue weighted by Crippen LogP contribution is -2.23. The Balaban J connectivity index is 2.57. The maximum atomic E-state index is 11.3. The largest absolute Gasteiger partial charge is 0.466 e. The average molecular weight is 183 g/mol. The first kappa shape index (κ1) is 9.86. The Morgan fingerprint density at radius 1 is 1.69 bits per heavy atom. The molecule has 1 aliphatic rings. The molecule has 5 nitrogen and oxygen atoms in total. The molecule has 0 spiro atoms. The van der Waals surface area contributed by atoms with Crippen molar-refractivity contribution in [3.05, 3.63) is 10.4 Å². The van der Waals surface area contributed by atoms with E-state index in [0.717, 1.165) is 19.3 Å². The summed E-state index contributed by atoms with van der Waals surface area (Å²) in [4.78, 5) is 14.1. The maximum absolute atomic E-state index is 11.3. The Kier molecular flexibility index (Phi) is 3.58. The van der Waals surface area contributed by atoms with Crippen LogP contribution >= 0.6 is 0 Å². The summed E-state index contributed by atoms with van der Waals surface area (Å²) in [6.07, 6.45) is 2.52. The standard InChI is InChI=1S/C8H13N3O2/c1-2-13-8(12)6-4-3-5-7(6)10-11-9/h6-7H,2-5H2,1H3/t6-,7-/m1/s1. The summed E-state index contributed by atoms with van der Waals surface area (Å²) in [5.74, 6) is -0.437. The molecule has 2 atom stereocenters. The van der Waals surface area contributed by atoms with E-state index in [-0.39, 0.29) is 17.9 Å². The molecule has 5 heteroatoms. The van der Waals surface area contributed by atoms with Crippen LogP contribution < -0.4 is 0 Å². The third-order valence-electron chi connectivity index (χ3n) is 2.27. The molecular weight excluding hydrogens is 170 g/mol. The van der Waals surface area contributed by atoms with Crippen molar-refractivity contribution in [2.75, 3.05) is 6.61 Å². The topological polar surface area (TPSA) is 75.1 Å². The zero-order valence-corrected chi connectivity index (χ0v) is 7.64. The third-order valence-corrected chi connectivity index (χ3v) is 2.27. The second-order valence-electron chi connectivity index (χ2n) is 3.06. The van der Waals surface area contributed by atoms with E-state index in [1.807, 2.05) is 0 Å². The summed E-state index contributed by atoms with van der Waals surface area (Å²) in [5.41, 5.74) is 8.26. The van der Waals surface area contributed by atoms with Crippen LogP contribution in [0.5, 0.6) is 0 Å². The molecule has 0 heterocycles. The molecule has 0 aromatic heterocycles. The zero-order valence-electron chi connectivity index (χ0n) is 7.64. The van der Waals surface area contributed by atoms with Gasteiger partial charge in [0.15, 0.2) is 0 Å². The SMILES string of the molecule is CCOC(=O)[C@@H]1CCC[C@H]1N=[N+]=[N-]. The third kappa shape index (κ3) is 2.36. The monoisotopic (exact) mass is 183 g/mol. The highest BCUT2D eigenvalue weighted by atomic mass is 16.5. The molecule has 0 bridgehead atoms. The lowest BCUT2D eigenvalue weighted by Gasteiger charge is -2.12. The molecule has 0 amide bonds. The molecule has 0 aromatic carbocycles. The van der Waals surface area contributed by atoms with Crippen LogP contribution in [0, 0.1) is 5.92 Å². The molecule has 1 aliphatic carbocycles. The van der Waals surface area contributed by atoms with E-state index in [1.54, 1.807) is 6.92 Å². The van der Waals surface area contributed by atoms with Gasteiger partial charge in [0.05, 0.1) is 18.6 Å². The van der Waals surface area contributed by atoms with E-state index in [1.165, 1.54) is 0 Å². The van der Waals surface area contributed by atoms with Gasteiger partial charge in [-0.1, -0.05) is 11.5 Å². The molecular formula is C8H13N3O2. The number of carbonyl (C=O) groups is 1. The minimum absolute atomic E-state index is 0.191. The van der Waals surface area contributed by atoms with Crippen molar-refractivity contribution in [1.29, 1.82) is 0 Å². The fourth-order valence-corrected chi connectivity index (χ4v) is 1.67. The van der Waals surface area contributed by atoms with Crippen LogP contribution in [-0.4, -0.2) is 18.6 Å². The van der Waals surface area contributed by atoms with E-state index in [4.69, 9.17) is 10.3 Å². The molecule has 72 valence electrons. The molecule has 1 saturated carbocycles. The van der Waals surface area contributed by atoms with Crippen LogP contribution in [0.25, 0.3) is 10.4 Å². The quantitative estimate of drug-likeness (QED) is 0.290. The number of ether oxygens (including phenoxy) is 1. The van der Waals surface area contributed by atoms with E-state index < -0.39 is 0 Å². The molecule has 0 N–H and O–H groups in total. The second-order valence-corrected chi connectivity index (χ2v) is 3.06. The summed E-state index contributed by atoms with van der Waals surface area (Å²) in [6, 6.07) is -0.191. The van der Waals surface area contributed by atoms with Crippen LogP contribution in [0.4, 0.5) is 0 Å². The van der Waals surface area contributed by atoms with Crippen molar-refractivity contribution in [2.24, 2.45) is 11.0 Å². The summed E-state index contributed by atoms with van der Waals surface area (Å²) < 4.78 is 4.88. The smallest absolute Gasteiger partial charge is 0.309 e. The van der Waals surface area contributed by atoms with Crippen molar-refractivity contribution in [2.45, 2.75) is 32.2 Å². The van der Waals surface area contributed by atoms with E-state index in [2.05, 4.69) is 10.0 Å². The Morgan fingerprint density at radius 2 is 2.46 bits per heavy atom. The van der Waals surface area contributed by atoms with E-state index in [0.29, 0.717) is 6.61 Å². The van der Waals surface area contributed by atoms with Gasteiger partial charge in [-0.2, -0.15) is 0 Å². The summed E-state index contributed by atoms with van der Waals surface area (Å²) in [5, 5.41) is 3.59. The molecule has 13 heavy (non-hydrogen) atoms. The van der Waals surface area contributed by atoms with Gasteiger partial charge in [-0.05, 0) is 25.3 Å². The van der Waals surface area contributed by atoms with Gasteiger partial charge in [-0.25, -0.2) is 0 Å². The predicted molar refractivity (Wildman–Crippen MR) is 46.9 cm³/mol. The van der Waals surface area contributed by atoms with Crippen LogP contribution in [0.15, 0.2) is 5.11 Å². The highest BCUT2D eigenvalue weighted by molar-refractivity contribution is 5.73. The summed E-state index contributed by atoms with van der Waals surface area (Å²) in [6.45, 7) is 2.16. The van der Waals surface area contributed by atoms with Crippen LogP contribution in [0.3, 0.4) is 0 Å². The number of rotatable bonds is 3. The van der Waals surface area contributed by atoms with Gasteiger partial charge in [0.2, 0.25) is 0 Å². The molecule has 1 fully saturated rings. The van der Waals surface area contributed by atoms with Gasteiger partial charge >= 0.3 is 5.97 Å². The summed E-state index contributed by atoms with van der Waals surface area (Å²) >= 11 is 0. The fraction of sp³-hybridized carbons (Fsp3) is 0.875. The van der Waals surface area contributed by atoms with Gasteiger partial charge in [-0.3, -0.25) is 4.79 Å². The van der Waals surface area contributed by atoms with Gasteiger partial charge in [0, 0.05) is 4.91 Å². The van der Waals surface area contributed by atoms with Gasteiger partial charge in [-0.15, -0.1) is 0 Å². The lowest BCUT2D eigenvalue weighted by atomic mass is 10.1. The van der Waals surface area contributed by atoms with Crippen molar-refractivity contribution >= 4 is 5.97 Å². The number of hydrogen-bond donors (Lipinski definition) is 0. The Bertz CT molecular complexity index is 236. The van der Waals surface area contributed by atoms with Gasteiger partial charge < -0.3 is 4.74 Å². The van der Waals surface area contributed by atoms with Gasteiger partial charge in [0.1, 0.15) is 0 Å². The second kappa shape index (κ2) is 4.72. The zero-order chi connectivity index (χ0) is 9.68. The lowest BCUT2D eigenvalue weighted by molar-refractivity contribution is -0.148. The van der Waals surface area contributed by atoms with Crippen molar-refractivity contribution < 1.29 is 9.53 Å². The Hall–Kier alpha value is -1.22. The van der Waals surface area contributed by atoms with Crippen LogP contribution in [-0.2, 0) is 9.53 Å². The molecule has 1 rings (SSSR count). The normalized spacial score (nSPS) is 26.5. The average Bonchev–Trinajstić information content (AvgIpc) is 2.54. The fourth-order valence-electron chi connectivity index (χ4n) is 1.67. The summed E-state index contributed by atoms with van der Waals surface area (Å²) in [7, 11) is 0. The number of nitrogens with zero attached hydrogens (tertiary/aromatic N) is 3. The predicted octanol–water partition coefficient (Wildman–Crippen LogP) is 2.03. The van der Waals surface area contributed by atoms with Crippen molar-refractivity contribution in [1.82, 2.24) is 0 Å². The first-order chi connectivity index (χ1) is 6.29. The number of hydrogen-bond acceptors (Lipinski definition) is 3. The van der Waals surface area contributed by atoms with Crippen LogP contribution in [0.2, 0.25) is 0 Å². The first-order valence-corrected chi connectivity index (χ1v) is 4.50. The Labute approximate surface area is 76.7 Å². The molecule has 0 radical (unpaired) electrons. The Morgan fingerprint density at radius 3 is 3.08 bits per heavy atom. The van der Waals surface area contributed by atoms with Crippen LogP contribution in [0.1, 0.15) is 26.2 Å². The van der Waals surface area contributed by atoms with Crippen molar-refractivity contribution in [3.63, 3.8) is 0 Å². The first-order valence-electron chi connectivity index (χ1n) is 4.50. The van der Waals surface area contributed by atoms with Gasteiger partial charge in [0.25, 0.3) is 0 Å². The van der Waals surface area contributed by atoms with Crippen molar-refractivity contribution in [3.8, 4) is 0 Å². The minimum Gasteiger partial charge on any atom is -0.466 e. The minimum atomic E-state index is -0.225. The highest BCUT2D eigenvalue weighted by Crippen LogP contribution is 2.29. The molecule has 0 aliphatic heterocycles. The molecule has 0 aromatic rings. The number of azide groups is 1. The molecule has 0 saturated heterocycles. The maximum Gasteiger partial charge on any atom is 0.309 e.